The molecule has 24 heavy (non-hydrogen) atoms. The van der Waals surface area contributed by atoms with Crippen LogP contribution >= 0.6 is 11.3 Å². The van der Waals surface area contributed by atoms with Gasteiger partial charge in [0.05, 0.1) is 18.7 Å². The number of nitrogens with zero attached hydrogens (tertiary/aromatic N) is 1. The number of nitrogens with one attached hydrogen (secondary N) is 1. The van der Waals surface area contributed by atoms with Gasteiger partial charge in [0, 0.05) is 17.0 Å². The molecule has 0 atom stereocenters. The quantitative estimate of drug-likeness (QED) is 0.682. The zero-order valence-electron chi connectivity index (χ0n) is 14.0. The highest BCUT2D eigenvalue weighted by Crippen LogP contribution is 2.28. The topological polar surface area (TPSA) is 64.4 Å². The van der Waals surface area contributed by atoms with E-state index in [-0.39, 0.29) is 11.5 Å². The van der Waals surface area contributed by atoms with Gasteiger partial charge in [0.25, 0.3) is 0 Å². The lowest BCUT2D eigenvalue weighted by molar-refractivity contribution is 0.0525. The average Bonchev–Trinajstić information content (AvgIpc) is 3.21. The fraction of sp³-hybridized carbons (Fsp3) is 0.333. The van der Waals surface area contributed by atoms with Crippen molar-refractivity contribution < 1.29 is 13.9 Å². The van der Waals surface area contributed by atoms with E-state index in [4.69, 9.17) is 9.15 Å². The molecular formula is C18H20N2O3S. The molecule has 0 aliphatic carbocycles. The van der Waals surface area contributed by atoms with Gasteiger partial charge in [-0.25, -0.2) is 9.78 Å². The molecule has 0 bridgehead atoms. The van der Waals surface area contributed by atoms with E-state index in [0.717, 1.165) is 10.4 Å². The Labute approximate surface area is 144 Å². The standard InChI is InChI=1S/C18H20N2O3S/c1-4-22-16(21)15-12-7-5-6-8-13(12)23-14(15)11-20-18(2,3)17-19-9-10-24-17/h5-10,20H,4,11H2,1-3H3. The number of furan rings is 1. The Kier molecular flexibility index (Phi) is 4.69. The van der Waals surface area contributed by atoms with Crippen molar-refractivity contribution in [2.24, 2.45) is 0 Å². The molecule has 5 nitrogen and oxygen atoms in total. The smallest absolute Gasteiger partial charge is 0.342 e. The van der Waals surface area contributed by atoms with Gasteiger partial charge >= 0.3 is 5.97 Å². The van der Waals surface area contributed by atoms with Gasteiger partial charge in [0.15, 0.2) is 0 Å². The van der Waals surface area contributed by atoms with Gasteiger partial charge < -0.3 is 9.15 Å². The molecule has 0 aliphatic heterocycles. The number of thiazole rings is 1. The molecule has 0 aliphatic rings. The van der Waals surface area contributed by atoms with E-state index in [9.17, 15) is 4.79 Å². The maximum absolute atomic E-state index is 12.4. The van der Waals surface area contributed by atoms with Crippen LogP contribution in [0.15, 0.2) is 40.3 Å². The first-order chi connectivity index (χ1) is 11.5. The van der Waals surface area contributed by atoms with Crippen LogP contribution in [0.5, 0.6) is 0 Å². The molecule has 0 saturated heterocycles. The van der Waals surface area contributed by atoms with Gasteiger partial charge in [0.1, 0.15) is 21.9 Å². The van der Waals surface area contributed by atoms with Crippen LogP contribution in [0.25, 0.3) is 11.0 Å². The fourth-order valence-corrected chi connectivity index (χ4v) is 3.30. The molecule has 0 radical (unpaired) electrons. The van der Waals surface area contributed by atoms with Crippen molar-refractivity contribution in [1.82, 2.24) is 10.3 Å². The molecule has 1 N–H and O–H groups in total. The first-order valence-electron chi connectivity index (χ1n) is 7.85. The van der Waals surface area contributed by atoms with Crippen molar-refractivity contribution >= 4 is 28.3 Å². The predicted octanol–water partition coefficient (Wildman–Crippen LogP) is 4.09. The van der Waals surface area contributed by atoms with Gasteiger partial charge in [-0.2, -0.15) is 0 Å². The van der Waals surface area contributed by atoms with Crippen LogP contribution in [0, 0.1) is 0 Å². The molecule has 0 saturated carbocycles. The highest BCUT2D eigenvalue weighted by Gasteiger charge is 2.26. The van der Waals surface area contributed by atoms with Gasteiger partial charge in [-0.1, -0.05) is 18.2 Å². The second-order valence-electron chi connectivity index (χ2n) is 5.93. The average molecular weight is 344 g/mol. The number of aromatic nitrogens is 1. The number of rotatable bonds is 6. The second-order valence-corrected chi connectivity index (χ2v) is 6.83. The molecule has 0 amide bonds. The molecular weight excluding hydrogens is 324 g/mol. The monoisotopic (exact) mass is 344 g/mol. The Hall–Kier alpha value is -2.18. The Morgan fingerprint density at radius 2 is 2.17 bits per heavy atom. The largest absolute Gasteiger partial charge is 0.462 e. The van der Waals surface area contributed by atoms with Crippen molar-refractivity contribution in [3.8, 4) is 0 Å². The summed E-state index contributed by atoms with van der Waals surface area (Å²) in [6.07, 6.45) is 1.79. The van der Waals surface area contributed by atoms with Gasteiger partial charge in [0.2, 0.25) is 0 Å². The van der Waals surface area contributed by atoms with Crippen molar-refractivity contribution in [2.75, 3.05) is 6.61 Å². The normalized spacial score (nSPS) is 11.8. The maximum atomic E-state index is 12.4. The zero-order valence-corrected chi connectivity index (χ0v) is 14.8. The lowest BCUT2D eigenvalue weighted by Gasteiger charge is -2.23. The summed E-state index contributed by atoms with van der Waals surface area (Å²) in [5.41, 5.74) is 0.860. The van der Waals surface area contributed by atoms with E-state index in [1.54, 1.807) is 24.5 Å². The second kappa shape index (κ2) is 6.75. The number of ether oxygens (including phenoxy) is 1. The van der Waals surface area contributed by atoms with Crippen molar-refractivity contribution in [3.05, 3.63) is 52.2 Å². The lowest BCUT2D eigenvalue weighted by Crippen LogP contribution is -2.36. The molecule has 2 aromatic heterocycles. The lowest BCUT2D eigenvalue weighted by atomic mass is 10.1. The molecule has 1 aromatic carbocycles. The third kappa shape index (κ3) is 3.20. The summed E-state index contributed by atoms with van der Waals surface area (Å²) in [5, 5.41) is 7.13. The third-order valence-corrected chi connectivity index (χ3v) is 4.90. The van der Waals surface area contributed by atoms with Crippen molar-refractivity contribution in [3.63, 3.8) is 0 Å². The summed E-state index contributed by atoms with van der Waals surface area (Å²) in [6.45, 7) is 6.64. The van der Waals surface area contributed by atoms with Crippen molar-refractivity contribution in [2.45, 2.75) is 32.9 Å². The summed E-state index contributed by atoms with van der Waals surface area (Å²) >= 11 is 1.59. The number of benzene rings is 1. The Morgan fingerprint density at radius 3 is 2.88 bits per heavy atom. The van der Waals surface area contributed by atoms with Crippen LogP contribution in [0.1, 0.15) is 41.9 Å². The van der Waals surface area contributed by atoms with Gasteiger partial charge in [-0.05, 0) is 26.8 Å². The molecule has 126 valence electrons. The molecule has 2 heterocycles. The minimum absolute atomic E-state index is 0.320. The van der Waals surface area contributed by atoms with Crippen LogP contribution in [0.2, 0.25) is 0 Å². The first kappa shape index (κ1) is 16.7. The molecule has 0 unspecified atom stereocenters. The Morgan fingerprint density at radius 1 is 1.38 bits per heavy atom. The van der Waals surface area contributed by atoms with Crippen molar-refractivity contribution in [1.29, 1.82) is 0 Å². The minimum Gasteiger partial charge on any atom is -0.462 e. The minimum atomic E-state index is -0.355. The summed E-state index contributed by atoms with van der Waals surface area (Å²) in [6, 6.07) is 7.50. The number of carbonyl (C=O) groups is 1. The number of para-hydroxylation sites is 1. The maximum Gasteiger partial charge on any atom is 0.342 e. The number of fused-ring (bicyclic) bond motifs is 1. The summed E-state index contributed by atoms with van der Waals surface area (Å²) in [5.74, 6) is 0.227. The van der Waals surface area contributed by atoms with E-state index >= 15 is 0 Å². The Bertz CT molecular complexity index is 837. The van der Waals surface area contributed by atoms with Gasteiger partial charge in [-0.15, -0.1) is 11.3 Å². The molecule has 0 fully saturated rings. The van der Waals surface area contributed by atoms with Gasteiger partial charge in [-0.3, -0.25) is 5.32 Å². The van der Waals surface area contributed by atoms with Crippen LogP contribution in [0.4, 0.5) is 0 Å². The third-order valence-electron chi connectivity index (χ3n) is 3.81. The predicted molar refractivity (Wildman–Crippen MR) is 94.2 cm³/mol. The highest BCUT2D eigenvalue weighted by molar-refractivity contribution is 7.09. The van der Waals surface area contributed by atoms with Crippen LogP contribution in [0.3, 0.4) is 0 Å². The summed E-state index contributed by atoms with van der Waals surface area (Å²) < 4.78 is 11.1. The fourth-order valence-electron chi connectivity index (χ4n) is 2.56. The zero-order chi connectivity index (χ0) is 17.2. The summed E-state index contributed by atoms with van der Waals surface area (Å²) in [4.78, 5) is 16.7. The number of hydrogen-bond acceptors (Lipinski definition) is 6. The number of hydrogen-bond donors (Lipinski definition) is 1. The summed E-state index contributed by atoms with van der Waals surface area (Å²) in [7, 11) is 0. The SMILES string of the molecule is CCOC(=O)c1c(CNC(C)(C)c2nccs2)oc2ccccc12. The van der Waals surface area contributed by atoms with Crippen LogP contribution in [-0.4, -0.2) is 17.6 Å². The first-order valence-corrected chi connectivity index (χ1v) is 8.73. The molecule has 3 rings (SSSR count). The molecule has 0 spiro atoms. The number of carbonyl (C=O) groups excluding carboxylic acids is 1. The molecule has 3 aromatic rings. The van der Waals surface area contributed by atoms with Crippen LogP contribution in [-0.2, 0) is 16.8 Å². The number of esters is 1. The van der Waals surface area contributed by atoms with Crippen LogP contribution < -0.4 is 5.32 Å². The highest BCUT2D eigenvalue weighted by atomic mass is 32.1. The Balaban J connectivity index is 1.91. The van der Waals surface area contributed by atoms with E-state index in [1.165, 1.54) is 0 Å². The molecule has 6 heteroatoms. The van der Waals surface area contributed by atoms with E-state index in [0.29, 0.717) is 30.1 Å². The van der Waals surface area contributed by atoms with E-state index in [2.05, 4.69) is 24.1 Å². The van der Waals surface area contributed by atoms with E-state index < -0.39 is 0 Å². The van der Waals surface area contributed by atoms with E-state index in [1.807, 2.05) is 29.6 Å².